The largest absolute Gasteiger partial charge is 1.00 e. The second-order valence-electron chi connectivity index (χ2n) is 3.29. The summed E-state index contributed by atoms with van der Waals surface area (Å²) in [6.45, 7) is 2.19. The van der Waals surface area contributed by atoms with Crippen LogP contribution in [-0.2, 0) is 4.74 Å². The molecule has 1 aromatic carbocycles. The van der Waals surface area contributed by atoms with Crippen molar-refractivity contribution in [2.24, 2.45) is 0 Å². The summed E-state index contributed by atoms with van der Waals surface area (Å²) >= 11 is 0. The molecular weight excluding hydrogens is 240 g/mol. The number of benzene rings is 1. The number of H-pyrrole nitrogens is 1. The van der Waals surface area contributed by atoms with Crippen LogP contribution in [0.1, 0.15) is 17.3 Å². The normalized spacial score (nSPS) is 9.47. The van der Waals surface area contributed by atoms with Gasteiger partial charge in [0, 0.05) is 0 Å². The van der Waals surface area contributed by atoms with Gasteiger partial charge in [0.2, 0.25) is 6.33 Å². The molecule has 1 aromatic heterocycles. The number of nitrogens with zero attached hydrogens (tertiary/aromatic N) is 1. The van der Waals surface area contributed by atoms with Gasteiger partial charge in [-0.1, -0.05) is 0 Å². The predicted molar refractivity (Wildman–Crippen MR) is 58.3 cm³/mol. The van der Waals surface area contributed by atoms with Crippen LogP contribution < -0.4 is 17.0 Å². The first-order chi connectivity index (χ1) is 7.81. The molecule has 0 bridgehead atoms. The number of carbonyl (C=O) groups excluding carboxylic acids is 1. The van der Waals surface area contributed by atoms with E-state index in [0.29, 0.717) is 12.2 Å². The molecule has 4 nitrogen and oxygen atoms in total. The fourth-order valence-electron chi connectivity index (χ4n) is 1.43. The first kappa shape index (κ1) is 13.3. The molecule has 0 aliphatic heterocycles. The number of hydrogen-bond acceptors (Lipinski definition) is 2. The summed E-state index contributed by atoms with van der Waals surface area (Å²) in [6, 6.07) is 7.26. The molecule has 2 rings (SSSR count). The Labute approximate surface area is 106 Å². The van der Waals surface area contributed by atoms with Crippen molar-refractivity contribution in [2.45, 2.75) is 6.92 Å². The van der Waals surface area contributed by atoms with E-state index in [2.05, 4.69) is 4.98 Å². The third-order valence-corrected chi connectivity index (χ3v) is 2.22. The van der Waals surface area contributed by atoms with Crippen molar-refractivity contribution in [1.82, 2.24) is 4.98 Å². The summed E-state index contributed by atoms with van der Waals surface area (Å²) < 4.78 is 6.83. The molecule has 90 valence electrons. The van der Waals surface area contributed by atoms with Gasteiger partial charge in [0.25, 0.3) is 0 Å². The Morgan fingerprint density at radius 3 is 2.59 bits per heavy atom. The first-order valence-electron chi connectivity index (χ1n) is 5.13. The van der Waals surface area contributed by atoms with Gasteiger partial charge < -0.3 is 17.1 Å². The SMILES string of the molecule is CCOC(=O)c1ccc(-[n+]2cc[nH]c2)cc1.[Cl-]. The van der Waals surface area contributed by atoms with Crippen LogP contribution in [0.4, 0.5) is 0 Å². The fourth-order valence-corrected chi connectivity index (χ4v) is 1.43. The summed E-state index contributed by atoms with van der Waals surface area (Å²) in [5.41, 5.74) is 1.57. The summed E-state index contributed by atoms with van der Waals surface area (Å²) in [4.78, 5) is 14.4. The Bertz CT molecular complexity index is 466. The zero-order valence-corrected chi connectivity index (χ0v) is 10.1. The van der Waals surface area contributed by atoms with Crippen LogP contribution in [0.2, 0.25) is 0 Å². The number of rotatable bonds is 3. The monoisotopic (exact) mass is 252 g/mol. The van der Waals surface area contributed by atoms with Crippen molar-refractivity contribution in [2.75, 3.05) is 6.61 Å². The Morgan fingerprint density at radius 2 is 2.06 bits per heavy atom. The number of aromatic amines is 1. The van der Waals surface area contributed by atoms with Gasteiger partial charge in [-0.05, 0) is 31.2 Å². The number of aromatic nitrogens is 2. The van der Waals surface area contributed by atoms with Gasteiger partial charge in [-0.15, -0.1) is 0 Å². The highest BCUT2D eigenvalue weighted by atomic mass is 35.5. The van der Waals surface area contributed by atoms with Crippen molar-refractivity contribution in [3.63, 3.8) is 0 Å². The topological polar surface area (TPSA) is 46.0 Å². The molecule has 0 atom stereocenters. The van der Waals surface area contributed by atoms with E-state index in [4.69, 9.17) is 4.74 Å². The maximum Gasteiger partial charge on any atom is 0.338 e. The van der Waals surface area contributed by atoms with Crippen LogP contribution in [-0.4, -0.2) is 17.6 Å². The third kappa shape index (κ3) is 3.07. The second kappa shape index (κ2) is 6.06. The van der Waals surface area contributed by atoms with Crippen molar-refractivity contribution in [1.29, 1.82) is 0 Å². The number of esters is 1. The van der Waals surface area contributed by atoms with Crippen LogP contribution >= 0.6 is 0 Å². The summed E-state index contributed by atoms with van der Waals surface area (Å²) in [7, 11) is 0. The number of carbonyl (C=O) groups is 1. The lowest BCUT2D eigenvalue weighted by atomic mass is 10.2. The molecule has 1 N–H and O–H groups in total. The van der Waals surface area contributed by atoms with E-state index in [-0.39, 0.29) is 18.4 Å². The quantitative estimate of drug-likeness (QED) is 0.532. The third-order valence-electron chi connectivity index (χ3n) is 2.22. The molecule has 0 saturated carbocycles. The van der Waals surface area contributed by atoms with E-state index in [1.807, 2.05) is 35.4 Å². The van der Waals surface area contributed by atoms with Crippen molar-refractivity contribution in [3.8, 4) is 5.69 Å². The van der Waals surface area contributed by atoms with Crippen LogP contribution in [0, 0.1) is 0 Å². The predicted octanol–water partition coefficient (Wildman–Crippen LogP) is -1.53. The van der Waals surface area contributed by atoms with E-state index in [0.717, 1.165) is 5.69 Å². The van der Waals surface area contributed by atoms with Gasteiger partial charge in [-0.25, -0.2) is 14.3 Å². The molecular formula is C12H13ClN2O2. The number of hydrogen-bond donors (Lipinski definition) is 1. The maximum absolute atomic E-state index is 11.4. The Morgan fingerprint density at radius 1 is 1.35 bits per heavy atom. The number of imidazole rings is 1. The highest BCUT2D eigenvalue weighted by Crippen LogP contribution is 2.05. The average Bonchev–Trinajstić information content (AvgIpc) is 2.83. The molecule has 1 heterocycles. The van der Waals surface area contributed by atoms with E-state index >= 15 is 0 Å². The van der Waals surface area contributed by atoms with Gasteiger partial charge in [0.05, 0.1) is 12.2 Å². The molecule has 0 unspecified atom stereocenters. The highest BCUT2D eigenvalue weighted by molar-refractivity contribution is 5.89. The molecule has 0 amide bonds. The smallest absolute Gasteiger partial charge is 0.338 e. The van der Waals surface area contributed by atoms with E-state index in [1.54, 1.807) is 19.1 Å². The highest BCUT2D eigenvalue weighted by Gasteiger charge is 2.07. The molecule has 17 heavy (non-hydrogen) atoms. The zero-order chi connectivity index (χ0) is 11.4. The Hall–Kier alpha value is -1.81. The minimum atomic E-state index is -0.284. The first-order valence-corrected chi connectivity index (χ1v) is 5.13. The molecule has 0 radical (unpaired) electrons. The molecule has 5 heteroatoms. The summed E-state index contributed by atoms with van der Waals surface area (Å²) in [5, 5.41) is 0. The zero-order valence-electron chi connectivity index (χ0n) is 9.39. The lowest BCUT2D eigenvalue weighted by Crippen LogP contribution is -3.00. The van der Waals surface area contributed by atoms with Gasteiger partial charge >= 0.3 is 5.97 Å². The van der Waals surface area contributed by atoms with Gasteiger partial charge in [0.1, 0.15) is 18.1 Å². The summed E-state index contributed by atoms with van der Waals surface area (Å²) in [5.74, 6) is -0.284. The Balaban J connectivity index is 0.00000144. The van der Waals surface area contributed by atoms with Crippen LogP contribution in [0.5, 0.6) is 0 Å². The molecule has 0 saturated heterocycles. The molecule has 0 aliphatic carbocycles. The van der Waals surface area contributed by atoms with Crippen LogP contribution in [0.3, 0.4) is 0 Å². The van der Waals surface area contributed by atoms with Gasteiger partial charge in [-0.2, -0.15) is 0 Å². The lowest BCUT2D eigenvalue weighted by molar-refractivity contribution is -0.594. The molecule has 0 aliphatic rings. The lowest BCUT2D eigenvalue weighted by Gasteiger charge is -2.01. The van der Waals surface area contributed by atoms with Crippen molar-refractivity contribution < 1.29 is 26.5 Å². The fraction of sp³-hybridized carbons (Fsp3) is 0.167. The standard InChI is InChI=1S/C12H12N2O2.ClH/c1-2-16-12(15)10-3-5-11(6-4-10)14-8-7-13-9-14;/h3-9H,2H2,1H3;1H. The molecule has 0 fully saturated rings. The van der Waals surface area contributed by atoms with Crippen LogP contribution in [0.25, 0.3) is 5.69 Å². The van der Waals surface area contributed by atoms with Crippen molar-refractivity contribution in [3.05, 3.63) is 48.5 Å². The second-order valence-corrected chi connectivity index (χ2v) is 3.29. The van der Waals surface area contributed by atoms with E-state index < -0.39 is 0 Å². The van der Waals surface area contributed by atoms with Crippen molar-refractivity contribution >= 4 is 5.97 Å². The number of ether oxygens (including phenoxy) is 1. The van der Waals surface area contributed by atoms with Gasteiger partial charge in [-0.3, -0.25) is 0 Å². The molecule has 2 aromatic rings. The van der Waals surface area contributed by atoms with Crippen LogP contribution in [0.15, 0.2) is 43.0 Å². The van der Waals surface area contributed by atoms with Gasteiger partial charge in [0.15, 0.2) is 0 Å². The minimum absolute atomic E-state index is 0. The average molecular weight is 253 g/mol. The minimum Gasteiger partial charge on any atom is -1.00 e. The van der Waals surface area contributed by atoms with E-state index in [1.165, 1.54) is 0 Å². The summed E-state index contributed by atoms with van der Waals surface area (Å²) in [6.07, 6.45) is 5.57. The molecule has 0 spiro atoms. The van der Waals surface area contributed by atoms with E-state index in [9.17, 15) is 4.79 Å². The maximum atomic E-state index is 11.4. The number of nitrogens with one attached hydrogen (secondary N) is 1. The number of halogens is 1. The Kier molecular flexibility index (Phi) is 4.72.